The molecule has 1 aliphatic carbocycles. The third-order valence-electron chi connectivity index (χ3n) is 5.01. The Bertz CT molecular complexity index is 726. The van der Waals surface area contributed by atoms with Gasteiger partial charge >= 0.3 is 0 Å². The lowest BCUT2D eigenvalue weighted by Crippen LogP contribution is -2.42. The first-order valence-electron chi connectivity index (χ1n) is 8.66. The Balaban J connectivity index is 1.82. The maximum atomic E-state index is 12.9. The van der Waals surface area contributed by atoms with E-state index in [1.807, 2.05) is 25.1 Å². The molecule has 1 aromatic carbocycles. The number of hydrogen-bond donors (Lipinski definition) is 2. The molecule has 1 aromatic heterocycles. The molecule has 5 heteroatoms. The Labute approximate surface area is 147 Å². The van der Waals surface area contributed by atoms with Crippen LogP contribution in [0.15, 0.2) is 30.6 Å². The van der Waals surface area contributed by atoms with E-state index in [4.69, 9.17) is 17.3 Å². The van der Waals surface area contributed by atoms with Crippen molar-refractivity contribution in [1.82, 2.24) is 4.98 Å². The van der Waals surface area contributed by atoms with E-state index in [9.17, 15) is 4.79 Å². The molecule has 2 atom stereocenters. The molecular weight excluding hydrogens is 322 g/mol. The minimum atomic E-state index is -0.172. The van der Waals surface area contributed by atoms with Crippen LogP contribution < -0.4 is 11.1 Å². The molecule has 0 spiro atoms. The zero-order valence-corrected chi connectivity index (χ0v) is 14.7. The van der Waals surface area contributed by atoms with E-state index < -0.39 is 0 Å². The molecule has 0 saturated heterocycles. The lowest BCUT2D eigenvalue weighted by molar-refractivity contribution is -0.122. The first-order valence-corrected chi connectivity index (χ1v) is 9.04. The second-order valence-electron chi connectivity index (χ2n) is 6.83. The van der Waals surface area contributed by atoms with Gasteiger partial charge in [0, 0.05) is 23.8 Å². The Hall–Kier alpha value is -1.65. The predicted molar refractivity (Wildman–Crippen MR) is 99.1 cm³/mol. The van der Waals surface area contributed by atoms with Crippen molar-refractivity contribution >= 4 is 34.0 Å². The molecule has 4 nitrogen and oxygen atoms in total. The van der Waals surface area contributed by atoms with Gasteiger partial charge in [0.25, 0.3) is 0 Å². The summed E-state index contributed by atoms with van der Waals surface area (Å²) in [7, 11) is 0. The number of nitrogens with zero attached hydrogens (tertiary/aromatic N) is 1. The summed E-state index contributed by atoms with van der Waals surface area (Å²) >= 11 is 6.34. The second-order valence-corrected chi connectivity index (χ2v) is 7.23. The van der Waals surface area contributed by atoms with Crippen molar-refractivity contribution < 1.29 is 4.79 Å². The van der Waals surface area contributed by atoms with Gasteiger partial charge in [-0.3, -0.25) is 9.78 Å². The van der Waals surface area contributed by atoms with Gasteiger partial charge in [0.15, 0.2) is 0 Å². The number of nitrogens with one attached hydrogen (secondary N) is 1. The van der Waals surface area contributed by atoms with Crippen molar-refractivity contribution in [2.75, 3.05) is 5.32 Å². The average molecular weight is 346 g/mol. The van der Waals surface area contributed by atoms with E-state index in [-0.39, 0.29) is 17.9 Å². The van der Waals surface area contributed by atoms with Gasteiger partial charge in [0.05, 0.1) is 16.6 Å². The van der Waals surface area contributed by atoms with E-state index in [1.54, 1.807) is 12.4 Å². The van der Waals surface area contributed by atoms with Gasteiger partial charge in [0.2, 0.25) is 5.91 Å². The Morgan fingerprint density at radius 2 is 2.04 bits per heavy atom. The van der Waals surface area contributed by atoms with Crippen LogP contribution in [0.1, 0.15) is 39.0 Å². The minimum absolute atomic E-state index is 0.0211. The van der Waals surface area contributed by atoms with Crippen molar-refractivity contribution in [2.24, 2.45) is 17.6 Å². The number of carbonyl (C=O) groups is 1. The number of nitrogens with two attached hydrogens (primary N) is 1. The zero-order chi connectivity index (χ0) is 17.1. The first-order chi connectivity index (χ1) is 11.6. The van der Waals surface area contributed by atoms with E-state index in [2.05, 4.69) is 10.3 Å². The predicted octanol–water partition coefficient (Wildman–Crippen LogP) is 4.37. The van der Waals surface area contributed by atoms with Crippen molar-refractivity contribution in [2.45, 2.75) is 45.1 Å². The van der Waals surface area contributed by atoms with Crippen molar-refractivity contribution in [1.29, 1.82) is 0 Å². The van der Waals surface area contributed by atoms with Crippen LogP contribution in [0.25, 0.3) is 10.8 Å². The zero-order valence-electron chi connectivity index (χ0n) is 14.0. The van der Waals surface area contributed by atoms with Crippen molar-refractivity contribution in [3.05, 3.63) is 35.6 Å². The summed E-state index contributed by atoms with van der Waals surface area (Å²) < 4.78 is 0. The van der Waals surface area contributed by atoms with Crippen LogP contribution in [0, 0.1) is 11.8 Å². The standard InChI is InChI=1S/C19H24ClN3O/c1-12(21)18(13-5-3-2-4-6-13)19(24)23-17-10-14-7-8-22-11-15(14)9-16(17)20/h7-13,18H,2-6,21H2,1H3,(H,23,24)/t12?,18-/m1/s1. The second kappa shape index (κ2) is 7.49. The summed E-state index contributed by atoms with van der Waals surface area (Å²) in [4.78, 5) is 17.0. The topological polar surface area (TPSA) is 68.0 Å². The highest BCUT2D eigenvalue weighted by Gasteiger charge is 2.32. The van der Waals surface area contributed by atoms with E-state index in [1.165, 1.54) is 19.3 Å². The first kappa shape index (κ1) is 17.2. The molecule has 24 heavy (non-hydrogen) atoms. The van der Waals surface area contributed by atoms with Gasteiger partial charge in [-0.15, -0.1) is 0 Å². The summed E-state index contributed by atoms with van der Waals surface area (Å²) in [5.74, 6) is 0.170. The van der Waals surface area contributed by atoms with E-state index in [0.29, 0.717) is 16.6 Å². The number of anilines is 1. The molecule has 128 valence electrons. The average Bonchev–Trinajstić information content (AvgIpc) is 2.56. The molecule has 0 aliphatic heterocycles. The maximum absolute atomic E-state index is 12.9. The molecule has 1 unspecified atom stereocenters. The smallest absolute Gasteiger partial charge is 0.229 e. The largest absolute Gasteiger partial charge is 0.327 e. The van der Waals surface area contributed by atoms with Gasteiger partial charge in [-0.05, 0) is 49.3 Å². The number of rotatable bonds is 4. The Kier molecular flexibility index (Phi) is 5.36. The number of halogens is 1. The fourth-order valence-corrected chi connectivity index (χ4v) is 4.01. The fourth-order valence-electron chi connectivity index (χ4n) is 3.80. The number of fused-ring (bicyclic) bond motifs is 1. The molecule has 3 N–H and O–H groups in total. The lowest BCUT2D eigenvalue weighted by Gasteiger charge is -2.31. The summed E-state index contributed by atoms with van der Waals surface area (Å²) in [6.07, 6.45) is 9.28. The number of amides is 1. The number of carbonyl (C=O) groups excluding carboxylic acids is 1. The summed E-state index contributed by atoms with van der Waals surface area (Å²) in [6, 6.07) is 5.47. The van der Waals surface area contributed by atoms with Gasteiger partial charge in [0.1, 0.15) is 0 Å². The molecule has 2 aromatic rings. The number of pyridine rings is 1. The monoisotopic (exact) mass is 345 g/mol. The fraction of sp³-hybridized carbons (Fsp3) is 0.474. The molecule has 3 rings (SSSR count). The highest BCUT2D eigenvalue weighted by molar-refractivity contribution is 6.34. The Morgan fingerprint density at radius 3 is 2.75 bits per heavy atom. The quantitative estimate of drug-likeness (QED) is 0.864. The van der Waals surface area contributed by atoms with Crippen LogP contribution in [-0.4, -0.2) is 16.9 Å². The van der Waals surface area contributed by atoms with E-state index in [0.717, 1.165) is 23.6 Å². The highest BCUT2D eigenvalue weighted by Crippen LogP contribution is 2.33. The van der Waals surface area contributed by atoms with Crippen LogP contribution in [-0.2, 0) is 4.79 Å². The number of benzene rings is 1. The summed E-state index contributed by atoms with van der Waals surface area (Å²) in [5.41, 5.74) is 6.79. The van der Waals surface area contributed by atoms with Gasteiger partial charge in [-0.1, -0.05) is 30.9 Å². The summed E-state index contributed by atoms with van der Waals surface area (Å²) in [5, 5.41) is 5.49. The Morgan fingerprint density at radius 1 is 1.29 bits per heavy atom. The van der Waals surface area contributed by atoms with Crippen LogP contribution >= 0.6 is 11.6 Å². The van der Waals surface area contributed by atoms with Gasteiger partial charge in [-0.25, -0.2) is 0 Å². The van der Waals surface area contributed by atoms with E-state index >= 15 is 0 Å². The lowest BCUT2D eigenvalue weighted by atomic mass is 9.76. The van der Waals surface area contributed by atoms with Crippen LogP contribution in [0.2, 0.25) is 5.02 Å². The van der Waals surface area contributed by atoms with Crippen molar-refractivity contribution in [3.63, 3.8) is 0 Å². The molecule has 1 saturated carbocycles. The van der Waals surface area contributed by atoms with Crippen LogP contribution in [0.4, 0.5) is 5.69 Å². The minimum Gasteiger partial charge on any atom is -0.327 e. The third kappa shape index (κ3) is 3.70. The molecular formula is C19H24ClN3O. The maximum Gasteiger partial charge on any atom is 0.229 e. The molecule has 1 fully saturated rings. The molecule has 0 bridgehead atoms. The summed E-state index contributed by atoms with van der Waals surface area (Å²) in [6.45, 7) is 1.92. The third-order valence-corrected chi connectivity index (χ3v) is 5.32. The molecule has 1 amide bonds. The number of hydrogen-bond acceptors (Lipinski definition) is 3. The highest BCUT2D eigenvalue weighted by atomic mass is 35.5. The molecule has 0 radical (unpaired) electrons. The number of aromatic nitrogens is 1. The van der Waals surface area contributed by atoms with Crippen LogP contribution in [0.5, 0.6) is 0 Å². The van der Waals surface area contributed by atoms with Crippen LogP contribution in [0.3, 0.4) is 0 Å². The van der Waals surface area contributed by atoms with Crippen molar-refractivity contribution in [3.8, 4) is 0 Å². The van der Waals surface area contributed by atoms with Gasteiger partial charge in [-0.2, -0.15) is 0 Å². The normalized spacial score (nSPS) is 18.3. The van der Waals surface area contributed by atoms with Gasteiger partial charge < -0.3 is 11.1 Å². The molecule has 1 heterocycles. The molecule has 1 aliphatic rings. The SMILES string of the molecule is CC(N)[C@@H](C(=O)Nc1cc2ccncc2cc1Cl)C1CCCCC1.